The van der Waals surface area contributed by atoms with Crippen LogP contribution in [0.4, 0.5) is 5.69 Å². The van der Waals surface area contributed by atoms with Crippen molar-refractivity contribution in [3.8, 4) is 17.2 Å². The first-order valence-corrected chi connectivity index (χ1v) is 11.2. The van der Waals surface area contributed by atoms with E-state index >= 15 is 0 Å². The fourth-order valence-corrected chi connectivity index (χ4v) is 4.44. The van der Waals surface area contributed by atoms with Crippen molar-refractivity contribution in [3.05, 3.63) is 89.3 Å². The molecule has 1 amide bonds. The van der Waals surface area contributed by atoms with Gasteiger partial charge in [0.15, 0.2) is 15.8 Å². The first-order chi connectivity index (χ1) is 15.7. The molecule has 3 aromatic carbocycles. The molecule has 1 aliphatic rings. The lowest BCUT2D eigenvalue weighted by atomic mass is 10.2. The number of carbonyl (C=O) groups is 1. The van der Waals surface area contributed by atoms with Gasteiger partial charge in [-0.1, -0.05) is 66.4 Å². The minimum absolute atomic E-state index is 0.136. The zero-order valence-corrected chi connectivity index (χ0v) is 19.0. The number of methoxy groups -OCH3 is 1. The van der Waals surface area contributed by atoms with Crippen LogP contribution in [0.25, 0.3) is 6.08 Å². The van der Waals surface area contributed by atoms with E-state index in [9.17, 15) is 4.79 Å². The molecule has 1 fully saturated rings. The standard InChI is InChI=1S/C25H21NO4S2/c1-28-22-16-18(12-13-21(22)30-15-14-29-20-10-6-3-7-11-20)17-23-24(27)26(25(31)32-23)19-8-4-2-5-9-19/h2-13,16-17H,14-15H2,1H3/b23-17+. The summed E-state index contributed by atoms with van der Waals surface area (Å²) in [5.74, 6) is 1.85. The topological polar surface area (TPSA) is 48.0 Å². The molecule has 0 aliphatic carbocycles. The Morgan fingerprint density at radius 2 is 1.59 bits per heavy atom. The van der Waals surface area contributed by atoms with Gasteiger partial charge in [0.1, 0.15) is 19.0 Å². The third-order valence-electron chi connectivity index (χ3n) is 4.65. The van der Waals surface area contributed by atoms with Crippen LogP contribution in [0, 0.1) is 0 Å². The van der Waals surface area contributed by atoms with Crippen LogP contribution in [0.5, 0.6) is 17.2 Å². The van der Waals surface area contributed by atoms with Crippen LogP contribution in [0.2, 0.25) is 0 Å². The van der Waals surface area contributed by atoms with Crippen molar-refractivity contribution in [2.75, 3.05) is 25.2 Å². The molecule has 0 atom stereocenters. The Morgan fingerprint density at radius 3 is 2.31 bits per heavy atom. The molecule has 3 aromatic rings. The molecule has 1 saturated heterocycles. The number of rotatable bonds is 8. The van der Waals surface area contributed by atoms with Gasteiger partial charge in [-0.2, -0.15) is 0 Å². The lowest BCUT2D eigenvalue weighted by Gasteiger charge is -2.14. The van der Waals surface area contributed by atoms with Crippen molar-refractivity contribution >= 4 is 46.0 Å². The Kier molecular flexibility index (Phi) is 7.09. The number of hydrogen-bond acceptors (Lipinski definition) is 6. The maximum atomic E-state index is 12.9. The van der Waals surface area contributed by atoms with E-state index in [1.807, 2.05) is 84.9 Å². The SMILES string of the molecule is COc1cc(/C=C2/SC(=S)N(c3ccccc3)C2=O)ccc1OCCOc1ccccc1. The van der Waals surface area contributed by atoms with Crippen molar-refractivity contribution in [1.82, 2.24) is 0 Å². The quantitative estimate of drug-likeness (QED) is 0.248. The Bertz CT molecular complexity index is 1130. The van der Waals surface area contributed by atoms with Gasteiger partial charge in [0.2, 0.25) is 0 Å². The zero-order valence-electron chi connectivity index (χ0n) is 17.4. The number of thiocarbonyl (C=S) groups is 1. The molecule has 0 radical (unpaired) electrons. The van der Waals surface area contributed by atoms with Crippen molar-refractivity contribution in [2.45, 2.75) is 0 Å². The number of carbonyl (C=O) groups excluding carboxylic acids is 1. The minimum atomic E-state index is -0.136. The smallest absolute Gasteiger partial charge is 0.270 e. The number of nitrogens with zero attached hydrogens (tertiary/aromatic N) is 1. The van der Waals surface area contributed by atoms with Crippen molar-refractivity contribution < 1.29 is 19.0 Å². The van der Waals surface area contributed by atoms with Gasteiger partial charge >= 0.3 is 0 Å². The summed E-state index contributed by atoms with van der Waals surface area (Å²) in [6.07, 6.45) is 1.81. The Labute approximate surface area is 196 Å². The average Bonchev–Trinajstić information content (AvgIpc) is 3.11. The summed E-state index contributed by atoms with van der Waals surface area (Å²) in [6, 6.07) is 24.5. The first-order valence-electron chi connectivity index (χ1n) is 9.97. The van der Waals surface area contributed by atoms with Crippen LogP contribution < -0.4 is 19.1 Å². The number of hydrogen-bond donors (Lipinski definition) is 0. The highest BCUT2D eigenvalue weighted by atomic mass is 32.2. The molecule has 7 heteroatoms. The molecule has 0 N–H and O–H groups in total. The van der Waals surface area contributed by atoms with E-state index in [0.717, 1.165) is 17.0 Å². The summed E-state index contributed by atoms with van der Waals surface area (Å²) in [5, 5.41) is 0. The van der Waals surface area contributed by atoms with Crippen molar-refractivity contribution in [1.29, 1.82) is 0 Å². The minimum Gasteiger partial charge on any atom is -0.493 e. The van der Waals surface area contributed by atoms with Crippen molar-refractivity contribution in [3.63, 3.8) is 0 Å². The average molecular weight is 464 g/mol. The molecule has 4 rings (SSSR count). The number of benzene rings is 3. The summed E-state index contributed by atoms with van der Waals surface area (Å²) < 4.78 is 17.5. The van der Waals surface area contributed by atoms with Crippen LogP contribution in [-0.4, -0.2) is 30.6 Å². The van der Waals surface area contributed by atoms with Crippen molar-refractivity contribution in [2.24, 2.45) is 0 Å². The fourth-order valence-electron chi connectivity index (χ4n) is 3.14. The summed E-state index contributed by atoms with van der Waals surface area (Å²) >= 11 is 6.71. The third-order valence-corrected chi connectivity index (χ3v) is 5.95. The number of thioether (sulfide) groups is 1. The summed E-state index contributed by atoms with van der Waals surface area (Å²) in [4.78, 5) is 15.0. The second-order valence-electron chi connectivity index (χ2n) is 6.77. The highest BCUT2D eigenvalue weighted by Crippen LogP contribution is 2.37. The van der Waals surface area contributed by atoms with Gasteiger partial charge in [-0.3, -0.25) is 9.69 Å². The zero-order chi connectivity index (χ0) is 22.3. The van der Waals surface area contributed by atoms with Crippen LogP contribution >= 0.6 is 24.0 Å². The van der Waals surface area contributed by atoms with Gasteiger partial charge in [-0.05, 0) is 48.0 Å². The molecule has 5 nitrogen and oxygen atoms in total. The third kappa shape index (κ3) is 5.12. The van der Waals surface area contributed by atoms with E-state index in [0.29, 0.717) is 33.9 Å². The number of amides is 1. The highest BCUT2D eigenvalue weighted by Gasteiger charge is 2.33. The molecular weight excluding hydrogens is 442 g/mol. The van der Waals surface area contributed by atoms with E-state index in [4.69, 9.17) is 26.4 Å². The predicted molar refractivity (Wildman–Crippen MR) is 133 cm³/mol. The molecule has 1 heterocycles. The highest BCUT2D eigenvalue weighted by molar-refractivity contribution is 8.27. The Morgan fingerprint density at radius 1 is 0.906 bits per heavy atom. The van der Waals surface area contributed by atoms with E-state index in [-0.39, 0.29) is 5.91 Å². The Hall–Kier alpha value is -3.29. The summed E-state index contributed by atoms with van der Waals surface area (Å²) in [5.41, 5.74) is 1.58. The molecular formula is C25H21NO4S2. The van der Waals surface area contributed by atoms with Crippen LogP contribution in [-0.2, 0) is 4.79 Å². The maximum Gasteiger partial charge on any atom is 0.270 e. The molecule has 0 saturated carbocycles. The molecule has 162 valence electrons. The molecule has 32 heavy (non-hydrogen) atoms. The van der Waals surface area contributed by atoms with Gasteiger partial charge in [-0.25, -0.2) is 0 Å². The number of ether oxygens (including phenoxy) is 3. The molecule has 0 spiro atoms. The lowest BCUT2D eigenvalue weighted by molar-refractivity contribution is -0.113. The second kappa shape index (κ2) is 10.3. The van der Waals surface area contributed by atoms with Gasteiger partial charge < -0.3 is 14.2 Å². The van der Waals surface area contributed by atoms with Crippen LogP contribution in [0.3, 0.4) is 0 Å². The molecule has 1 aliphatic heterocycles. The number of anilines is 1. The summed E-state index contributed by atoms with van der Waals surface area (Å²) in [6.45, 7) is 0.789. The molecule has 0 bridgehead atoms. The largest absolute Gasteiger partial charge is 0.493 e. The van der Waals surface area contributed by atoms with E-state index in [1.54, 1.807) is 12.0 Å². The second-order valence-corrected chi connectivity index (χ2v) is 8.45. The normalized spacial score (nSPS) is 14.7. The fraction of sp³-hybridized carbons (Fsp3) is 0.120. The predicted octanol–water partition coefficient (Wildman–Crippen LogP) is 5.56. The van der Waals surface area contributed by atoms with Gasteiger partial charge in [0.05, 0.1) is 17.7 Å². The van der Waals surface area contributed by atoms with Gasteiger partial charge in [0, 0.05) is 0 Å². The summed E-state index contributed by atoms with van der Waals surface area (Å²) in [7, 11) is 1.58. The van der Waals surface area contributed by atoms with Crippen LogP contribution in [0.15, 0.2) is 83.8 Å². The first kappa shape index (κ1) is 21.9. The van der Waals surface area contributed by atoms with E-state index < -0.39 is 0 Å². The van der Waals surface area contributed by atoms with Gasteiger partial charge in [-0.15, -0.1) is 0 Å². The Balaban J connectivity index is 1.43. The maximum absolute atomic E-state index is 12.9. The molecule has 0 unspecified atom stereocenters. The van der Waals surface area contributed by atoms with E-state index in [1.165, 1.54) is 11.8 Å². The lowest BCUT2D eigenvalue weighted by Crippen LogP contribution is -2.27. The monoisotopic (exact) mass is 463 g/mol. The van der Waals surface area contributed by atoms with Gasteiger partial charge in [0.25, 0.3) is 5.91 Å². The van der Waals surface area contributed by atoms with E-state index in [2.05, 4.69) is 0 Å². The number of para-hydroxylation sites is 2. The van der Waals surface area contributed by atoms with Crippen LogP contribution in [0.1, 0.15) is 5.56 Å². The molecule has 0 aromatic heterocycles.